The Labute approximate surface area is 268 Å². The van der Waals surface area contributed by atoms with Gasteiger partial charge in [-0.3, -0.25) is 19.3 Å². The summed E-state index contributed by atoms with van der Waals surface area (Å²) >= 11 is 0. The lowest BCUT2D eigenvalue weighted by Crippen LogP contribution is -2.49. The Morgan fingerprint density at radius 2 is 1.72 bits per heavy atom. The number of aryl methyl sites for hydroxylation is 3. The third-order valence-corrected chi connectivity index (χ3v) is 8.53. The van der Waals surface area contributed by atoms with Gasteiger partial charge in [0.05, 0.1) is 19.1 Å². The van der Waals surface area contributed by atoms with Crippen LogP contribution in [-0.4, -0.2) is 53.8 Å². The fourth-order valence-electron chi connectivity index (χ4n) is 6.12. The van der Waals surface area contributed by atoms with Crippen LogP contribution in [0.2, 0.25) is 0 Å². The maximum absolute atomic E-state index is 15.6. The number of halogens is 3. The highest BCUT2D eigenvalue weighted by Crippen LogP contribution is 2.33. The van der Waals surface area contributed by atoms with Crippen LogP contribution in [0.5, 0.6) is 0 Å². The summed E-state index contributed by atoms with van der Waals surface area (Å²) in [5, 5.41) is 2.78. The van der Waals surface area contributed by atoms with Gasteiger partial charge in [0.15, 0.2) is 11.6 Å². The van der Waals surface area contributed by atoms with E-state index in [0.29, 0.717) is 31.6 Å². The standard InChI is InChI=1S/C36H44F3N3O4/c1-7-46-33(44)17-30(28-15-26(16-29(38)35(28)39)34-22(4)9-8-10-23(34)5)40-36(45)31(13-21(2)3)42-18-25(24(6)14-32(42)43)11-12-41-19-27(37)20-41/h8-10,14-16,18,21,27,30-31H,7,11-13,17,19-20H2,1-6H3,(H,40,45). The lowest BCUT2D eigenvalue weighted by atomic mass is 9.92. The van der Waals surface area contributed by atoms with Crippen LogP contribution in [0.3, 0.4) is 0 Å². The second kappa shape index (κ2) is 15.1. The van der Waals surface area contributed by atoms with Gasteiger partial charge in [0.1, 0.15) is 12.2 Å². The van der Waals surface area contributed by atoms with Gasteiger partial charge in [0.2, 0.25) is 5.91 Å². The van der Waals surface area contributed by atoms with Crippen molar-refractivity contribution < 1.29 is 27.5 Å². The molecule has 2 unspecified atom stereocenters. The SMILES string of the molecule is CCOC(=O)CC(NC(=O)C(CC(C)C)n1cc(CCN2CC(F)C2)c(C)cc1=O)c1cc(-c2c(C)cccc2C)cc(F)c1F. The maximum Gasteiger partial charge on any atom is 0.308 e. The topological polar surface area (TPSA) is 80.6 Å². The molecule has 1 amide bonds. The Balaban J connectivity index is 1.73. The van der Waals surface area contributed by atoms with Crippen molar-refractivity contribution in [1.82, 2.24) is 14.8 Å². The summed E-state index contributed by atoms with van der Waals surface area (Å²) in [5.74, 6) is -3.61. The van der Waals surface area contributed by atoms with E-state index in [4.69, 9.17) is 4.74 Å². The van der Waals surface area contributed by atoms with Gasteiger partial charge in [0, 0.05) is 37.5 Å². The fraction of sp³-hybridized carbons (Fsp3) is 0.472. The van der Waals surface area contributed by atoms with Crippen LogP contribution < -0.4 is 10.9 Å². The molecule has 1 aliphatic rings. The molecule has 0 saturated carbocycles. The first-order valence-electron chi connectivity index (χ1n) is 15.9. The van der Waals surface area contributed by atoms with E-state index in [1.807, 2.05) is 57.7 Å². The van der Waals surface area contributed by atoms with E-state index < -0.39 is 48.2 Å². The van der Waals surface area contributed by atoms with E-state index in [9.17, 15) is 18.8 Å². The fourth-order valence-corrected chi connectivity index (χ4v) is 6.12. The maximum atomic E-state index is 15.6. The van der Waals surface area contributed by atoms with Crippen LogP contribution in [0.4, 0.5) is 13.2 Å². The summed E-state index contributed by atoms with van der Waals surface area (Å²) in [5.41, 5.74) is 3.88. The lowest BCUT2D eigenvalue weighted by Gasteiger charge is -2.34. The zero-order valence-electron chi connectivity index (χ0n) is 27.5. The molecule has 46 heavy (non-hydrogen) atoms. The first-order valence-corrected chi connectivity index (χ1v) is 15.9. The molecule has 0 spiro atoms. The first kappa shape index (κ1) is 34.9. The normalized spacial score (nSPS) is 15.0. The number of benzene rings is 2. The van der Waals surface area contributed by atoms with Crippen LogP contribution >= 0.6 is 0 Å². The molecule has 1 aliphatic heterocycles. The number of amides is 1. The molecule has 3 aromatic rings. The predicted octanol–water partition coefficient (Wildman–Crippen LogP) is 6.31. The lowest BCUT2D eigenvalue weighted by molar-refractivity contribution is -0.144. The Bertz CT molecular complexity index is 1610. The van der Waals surface area contributed by atoms with Gasteiger partial charge >= 0.3 is 5.97 Å². The number of rotatable bonds is 13. The average Bonchev–Trinajstić information content (AvgIpc) is 2.95. The number of esters is 1. The third kappa shape index (κ3) is 8.26. The summed E-state index contributed by atoms with van der Waals surface area (Å²) in [7, 11) is 0. The number of aromatic nitrogens is 1. The average molecular weight is 640 g/mol. The Morgan fingerprint density at radius 1 is 1.04 bits per heavy atom. The second-order valence-electron chi connectivity index (χ2n) is 12.7. The molecular formula is C36H44F3N3O4. The number of likely N-dealkylation sites (tertiary alicyclic amines) is 1. The molecule has 2 atom stereocenters. The van der Waals surface area contributed by atoms with Crippen LogP contribution in [-0.2, 0) is 20.7 Å². The summed E-state index contributed by atoms with van der Waals surface area (Å²) in [6.45, 7) is 12.4. The quantitative estimate of drug-likeness (QED) is 0.222. The summed E-state index contributed by atoms with van der Waals surface area (Å²) in [6.07, 6.45) is 1.24. The van der Waals surface area contributed by atoms with Crippen LogP contribution in [0.25, 0.3) is 11.1 Å². The molecule has 248 valence electrons. The minimum absolute atomic E-state index is 0.0139. The Kier molecular flexibility index (Phi) is 11.5. The smallest absolute Gasteiger partial charge is 0.308 e. The Morgan fingerprint density at radius 3 is 2.33 bits per heavy atom. The number of ether oxygens (including phenoxy) is 1. The summed E-state index contributed by atoms with van der Waals surface area (Å²) in [6, 6.07) is 7.38. The van der Waals surface area contributed by atoms with Gasteiger partial charge in [-0.25, -0.2) is 13.2 Å². The molecule has 7 nitrogen and oxygen atoms in total. The molecule has 10 heteroatoms. The van der Waals surface area contributed by atoms with Crippen molar-refractivity contribution >= 4 is 11.9 Å². The number of alkyl halides is 1. The minimum atomic E-state index is -1.28. The van der Waals surface area contributed by atoms with Crippen molar-refractivity contribution in [3.8, 4) is 11.1 Å². The molecule has 1 saturated heterocycles. The van der Waals surface area contributed by atoms with Crippen molar-refractivity contribution in [2.45, 2.75) is 79.1 Å². The highest BCUT2D eigenvalue weighted by atomic mass is 19.2. The van der Waals surface area contributed by atoms with Crippen LogP contribution in [0.1, 0.15) is 73.5 Å². The minimum Gasteiger partial charge on any atom is -0.466 e. The van der Waals surface area contributed by atoms with Crippen molar-refractivity contribution in [2.75, 3.05) is 26.2 Å². The Hall–Kier alpha value is -3.92. The van der Waals surface area contributed by atoms with Gasteiger partial charge in [-0.15, -0.1) is 0 Å². The highest BCUT2D eigenvalue weighted by Gasteiger charge is 2.31. The second-order valence-corrected chi connectivity index (χ2v) is 12.7. The van der Waals surface area contributed by atoms with Crippen LogP contribution in [0.15, 0.2) is 47.4 Å². The number of hydrogen-bond donors (Lipinski definition) is 1. The zero-order chi connectivity index (χ0) is 33.7. The first-order chi connectivity index (χ1) is 21.8. The number of pyridine rings is 1. The molecule has 0 radical (unpaired) electrons. The van der Waals surface area contributed by atoms with E-state index in [0.717, 1.165) is 33.9 Å². The summed E-state index contributed by atoms with van der Waals surface area (Å²) < 4.78 is 50.6. The highest BCUT2D eigenvalue weighted by molar-refractivity contribution is 5.82. The van der Waals surface area contributed by atoms with Gasteiger partial charge in [-0.1, -0.05) is 32.0 Å². The van der Waals surface area contributed by atoms with E-state index in [1.165, 1.54) is 16.7 Å². The number of hydrogen-bond acceptors (Lipinski definition) is 5. The van der Waals surface area contributed by atoms with E-state index in [1.54, 1.807) is 13.1 Å². The molecule has 2 aromatic carbocycles. The number of carbonyl (C=O) groups excluding carboxylic acids is 2. The number of nitrogens with zero attached hydrogens (tertiary/aromatic N) is 2. The molecular weight excluding hydrogens is 595 g/mol. The molecule has 0 aliphatic carbocycles. The van der Waals surface area contributed by atoms with Gasteiger partial charge in [-0.05, 0) is 92.0 Å². The van der Waals surface area contributed by atoms with Crippen molar-refractivity contribution in [2.24, 2.45) is 5.92 Å². The predicted molar refractivity (Wildman–Crippen MR) is 172 cm³/mol. The monoisotopic (exact) mass is 639 g/mol. The van der Waals surface area contributed by atoms with Gasteiger partial charge in [0.25, 0.3) is 5.56 Å². The number of nitrogens with one attached hydrogen (secondary N) is 1. The molecule has 4 rings (SSSR count). The van der Waals surface area contributed by atoms with Crippen molar-refractivity contribution in [1.29, 1.82) is 0 Å². The summed E-state index contributed by atoms with van der Waals surface area (Å²) in [4.78, 5) is 42.1. The zero-order valence-corrected chi connectivity index (χ0v) is 27.5. The largest absolute Gasteiger partial charge is 0.466 e. The molecule has 1 aromatic heterocycles. The molecule has 1 N–H and O–H groups in total. The number of carbonyl (C=O) groups is 2. The van der Waals surface area contributed by atoms with Gasteiger partial charge < -0.3 is 14.6 Å². The molecule has 2 heterocycles. The molecule has 1 fully saturated rings. The molecule has 0 bridgehead atoms. The van der Waals surface area contributed by atoms with E-state index >= 15 is 8.78 Å². The van der Waals surface area contributed by atoms with Gasteiger partial charge in [-0.2, -0.15) is 0 Å². The van der Waals surface area contributed by atoms with Crippen molar-refractivity contribution in [3.63, 3.8) is 0 Å². The third-order valence-electron chi connectivity index (χ3n) is 8.53. The van der Waals surface area contributed by atoms with Crippen molar-refractivity contribution in [3.05, 3.63) is 92.4 Å². The van der Waals surface area contributed by atoms with Crippen LogP contribution in [0, 0.1) is 38.3 Å². The van der Waals surface area contributed by atoms with E-state index in [2.05, 4.69) is 5.32 Å². The van der Waals surface area contributed by atoms with E-state index in [-0.39, 0.29) is 30.1 Å².